The SMILES string of the molecule is NCCCNC(=O)c1ccc2c(c1)NCC2. The maximum absolute atomic E-state index is 11.7. The molecule has 1 aromatic rings. The van der Waals surface area contributed by atoms with Crippen molar-refractivity contribution >= 4 is 11.6 Å². The maximum atomic E-state index is 11.7. The molecule has 0 aromatic heterocycles. The molecule has 0 atom stereocenters. The van der Waals surface area contributed by atoms with Crippen LogP contribution < -0.4 is 16.4 Å². The summed E-state index contributed by atoms with van der Waals surface area (Å²) in [5, 5.41) is 6.11. The van der Waals surface area contributed by atoms with Crippen molar-refractivity contribution in [1.29, 1.82) is 0 Å². The quantitative estimate of drug-likeness (QED) is 0.654. The number of hydrogen-bond acceptors (Lipinski definition) is 3. The van der Waals surface area contributed by atoms with Gasteiger partial charge in [-0.3, -0.25) is 4.79 Å². The summed E-state index contributed by atoms with van der Waals surface area (Å²) < 4.78 is 0. The zero-order valence-electron chi connectivity index (χ0n) is 9.25. The summed E-state index contributed by atoms with van der Waals surface area (Å²) in [6.07, 6.45) is 1.86. The first-order valence-electron chi connectivity index (χ1n) is 5.66. The molecule has 0 spiro atoms. The number of benzene rings is 1. The van der Waals surface area contributed by atoms with Gasteiger partial charge in [0.15, 0.2) is 0 Å². The third-order valence-corrected chi connectivity index (χ3v) is 2.75. The second-order valence-electron chi connectivity index (χ2n) is 3.95. The van der Waals surface area contributed by atoms with Crippen LogP contribution in [0.3, 0.4) is 0 Å². The summed E-state index contributed by atoms with van der Waals surface area (Å²) >= 11 is 0. The van der Waals surface area contributed by atoms with Crippen LogP contribution in [0.2, 0.25) is 0 Å². The Morgan fingerprint density at radius 1 is 1.50 bits per heavy atom. The molecule has 0 saturated heterocycles. The van der Waals surface area contributed by atoms with E-state index in [0.717, 1.165) is 25.1 Å². The lowest BCUT2D eigenvalue weighted by molar-refractivity contribution is 0.0953. The molecule has 0 radical (unpaired) electrons. The predicted molar refractivity (Wildman–Crippen MR) is 64.6 cm³/mol. The zero-order chi connectivity index (χ0) is 11.4. The Morgan fingerprint density at radius 2 is 2.38 bits per heavy atom. The molecule has 1 aromatic carbocycles. The molecular weight excluding hydrogens is 202 g/mol. The number of fused-ring (bicyclic) bond motifs is 1. The number of hydrogen-bond donors (Lipinski definition) is 3. The Bertz CT molecular complexity index is 390. The average Bonchev–Trinajstić information content (AvgIpc) is 2.76. The minimum absolute atomic E-state index is 0.0232. The van der Waals surface area contributed by atoms with E-state index in [4.69, 9.17) is 5.73 Å². The Morgan fingerprint density at radius 3 is 3.19 bits per heavy atom. The van der Waals surface area contributed by atoms with E-state index in [0.29, 0.717) is 18.7 Å². The van der Waals surface area contributed by atoms with Crippen molar-refractivity contribution in [3.05, 3.63) is 29.3 Å². The summed E-state index contributed by atoms with van der Waals surface area (Å²) in [5.41, 5.74) is 8.46. The molecule has 4 N–H and O–H groups in total. The normalized spacial score (nSPS) is 13.1. The Kier molecular flexibility index (Phi) is 3.41. The van der Waals surface area contributed by atoms with E-state index < -0.39 is 0 Å². The van der Waals surface area contributed by atoms with Crippen LogP contribution in [-0.4, -0.2) is 25.5 Å². The maximum Gasteiger partial charge on any atom is 0.251 e. The number of amides is 1. The molecule has 2 rings (SSSR count). The molecule has 0 fully saturated rings. The second kappa shape index (κ2) is 4.99. The van der Waals surface area contributed by atoms with Crippen LogP contribution in [0, 0.1) is 0 Å². The first kappa shape index (κ1) is 11.0. The molecule has 16 heavy (non-hydrogen) atoms. The van der Waals surface area contributed by atoms with E-state index in [1.54, 1.807) is 0 Å². The molecule has 4 nitrogen and oxygen atoms in total. The molecule has 1 heterocycles. The van der Waals surface area contributed by atoms with Crippen molar-refractivity contribution < 1.29 is 4.79 Å². The highest BCUT2D eigenvalue weighted by molar-refractivity contribution is 5.95. The number of rotatable bonds is 4. The standard InChI is InChI=1S/C12H17N3O/c13-5-1-6-15-12(16)10-3-2-9-4-7-14-11(9)8-10/h2-3,8,14H,1,4-7,13H2,(H,15,16). The lowest BCUT2D eigenvalue weighted by atomic mass is 10.1. The molecule has 1 aliphatic rings. The molecule has 1 aliphatic heterocycles. The molecular formula is C12H17N3O. The van der Waals surface area contributed by atoms with E-state index >= 15 is 0 Å². The molecule has 0 saturated carbocycles. The number of anilines is 1. The molecule has 0 bridgehead atoms. The van der Waals surface area contributed by atoms with Crippen molar-refractivity contribution in [2.24, 2.45) is 5.73 Å². The topological polar surface area (TPSA) is 67.1 Å². The van der Waals surface area contributed by atoms with Crippen molar-refractivity contribution in [3.63, 3.8) is 0 Å². The van der Waals surface area contributed by atoms with Crippen molar-refractivity contribution in [2.45, 2.75) is 12.8 Å². The van der Waals surface area contributed by atoms with Gasteiger partial charge in [-0.1, -0.05) is 6.07 Å². The Labute approximate surface area is 95.2 Å². The molecule has 4 heteroatoms. The van der Waals surface area contributed by atoms with E-state index in [9.17, 15) is 4.79 Å². The fourth-order valence-corrected chi connectivity index (χ4v) is 1.84. The van der Waals surface area contributed by atoms with Gasteiger partial charge in [-0.2, -0.15) is 0 Å². The van der Waals surface area contributed by atoms with Gasteiger partial charge >= 0.3 is 0 Å². The summed E-state index contributed by atoms with van der Waals surface area (Å²) in [7, 11) is 0. The van der Waals surface area contributed by atoms with Gasteiger partial charge in [0, 0.05) is 24.3 Å². The zero-order valence-corrected chi connectivity index (χ0v) is 9.25. The van der Waals surface area contributed by atoms with Gasteiger partial charge in [-0.15, -0.1) is 0 Å². The smallest absolute Gasteiger partial charge is 0.251 e. The third-order valence-electron chi connectivity index (χ3n) is 2.75. The molecule has 1 amide bonds. The van der Waals surface area contributed by atoms with Gasteiger partial charge < -0.3 is 16.4 Å². The van der Waals surface area contributed by atoms with Gasteiger partial charge in [0.05, 0.1) is 0 Å². The average molecular weight is 219 g/mol. The van der Waals surface area contributed by atoms with Crippen LogP contribution in [0.15, 0.2) is 18.2 Å². The number of nitrogens with one attached hydrogen (secondary N) is 2. The van der Waals surface area contributed by atoms with E-state index in [1.165, 1.54) is 5.56 Å². The van der Waals surface area contributed by atoms with Crippen LogP contribution in [0.25, 0.3) is 0 Å². The summed E-state index contributed by atoms with van der Waals surface area (Å²) in [6, 6.07) is 5.82. The van der Waals surface area contributed by atoms with Gasteiger partial charge in [-0.05, 0) is 37.1 Å². The Hall–Kier alpha value is -1.55. The molecule has 0 unspecified atom stereocenters. The van der Waals surface area contributed by atoms with E-state index in [-0.39, 0.29) is 5.91 Å². The van der Waals surface area contributed by atoms with Crippen LogP contribution in [-0.2, 0) is 6.42 Å². The highest BCUT2D eigenvalue weighted by Crippen LogP contribution is 2.22. The molecule has 0 aliphatic carbocycles. The van der Waals surface area contributed by atoms with Crippen molar-refractivity contribution in [3.8, 4) is 0 Å². The first-order chi connectivity index (χ1) is 7.81. The number of nitrogens with two attached hydrogens (primary N) is 1. The van der Waals surface area contributed by atoms with Gasteiger partial charge in [0.25, 0.3) is 5.91 Å². The van der Waals surface area contributed by atoms with Crippen molar-refractivity contribution in [2.75, 3.05) is 25.0 Å². The summed E-state index contributed by atoms with van der Waals surface area (Å²) in [6.45, 7) is 2.21. The first-order valence-corrected chi connectivity index (χ1v) is 5.66. The predicted octanol–water partition coefficient (Wildman–Crippen LogP) is 0.733. The summed E-state index contributed by atoms with van der Waals surface area (Å²) in [5.74, 6) is -0.0232. The number of carbonyl (C=O) groups is 1. The highest BCUT2D eigenvalue weighted by atomic mass is 16.1. The fourth-order valence-electron chi connectivity index (χ4n) is 1.84. The van der Waals surface area contributed by atoms with Crippen molar-refractivity contribution in [1.82, 2.24) is 5.32 Å². The number of carbonyl (C=O) groups excluding carboxylic acids is 1. The monoisotopic (exact) mass is 219 g/mol. The minimum Gasteiger partial charge on any atom is -0.384 e. The van der Waals surface area contributed by atoms with Crippen LogP contribution >= 0.6 is 0 Å². The van der Waals surface area contributed by atoms with E-state index in [1.807, 2.05) is 18.2 Å². The highest BCUT2D eigenvalue weighted by Gasteiger charge is 2.12. The third kappa shape index (κ3) is 2.33. The largest absolute Gasteiger partial charge is 0.384 e. The Balaban J connectivity index is 2.01. The lowest BCUT2D eigenvalue weighted by Crippen LogP contribution is -2.25. The van der Waals surface area contributed by atoms with E-state index in [2.05, 4.69) is 10.6 Å². The van der Waals surface area contributed by atoms with Gasteiger partial charge in [-0.25, -0.2) is 0 Å². The minimum atomic E-state index is -0.0232. The molecule has 86 valence electrons. The lowest BCUT2D eigenvalue weighted by Gasteiger charge is -2.06. The van der Waals surface area contributed by atoms with Crippen LogP contribution in [0.1, 0.15) is 22.3 Å². The van der Waals surface area contributed by atoms with Gasteiger partial charge in [0.1, 0.15) is 0 Å². The van der Waals surface area contributed by atoms with Gasteiger partial charge in [0.2, 0.25) is 0 Å². The second-order valence-corrected chi connectivity index (χ2v) is 3.95. The summed E-state index contributed by atoms with van der Waals surface area (Å²) in [4.78, 5) is 11.7. The van der Waals surface area contributed by atoms with Crippen LogP contribution in [0.4, 0.5) is 5.69 Å². The van der Waals surface area contributed by atoms with Crippen LogP contribution in [0.5, 0.6) is 0 Å². The fraction of sp³-hybridized carbons (Fsp3) is 0.417.